The summed E-state index contributed by atoms with van der Waals surface area (Å²) in [5.41, 5.74) is 0.793. The Kier molecular flexibility index (Phi) is 2.04. The maximum atomic E-state index is 12.3. The first-order chi connectivity index (χ1) is 7.82. The third-order valence-electron chi connectivity index (χ3n) is 5.58. The van der Waals surface area contributed by atoms with Crippen LogP contribution in [0.5, 0.6) is 0 Å². The zero-order chi connectivity index (χ0) is 12.5. The Morgan fingerprint density at radius 3 is 2.59 bits per heavy atom. The third-order valence-corrected chi connectivity index (χ3v) is 5.58. The molecule has 0 N–H and O–H groups in total. The van der Waals surface area contributed by atoms with Gasteiger partial charge in [-0.1, -0.05) is 19.4 Å². The number of ether oxygens (including phenoxy) is 1. The standard InChI is InChI=1S/C15H22O2/c1-10-6-5-7-11-8-12(16)15(9-14(10,11)4)13(2,3)17-15/h8,10H,5-7,9H2,1-4H3/t10-,14+,15+/m0/s1. The van der Waals surface area contributed by atoms with Crippen molar-refractivity contribution in [3.8, 4) is 0 Å². The molecule has 2 fully saturated rings. The number of hydrogen-bond acceptors (Lipinski definition) is 2. The first-order valence-electron chi connectivity index (χ1n) is 6.77. The summed E-state index contributed by atoms with van der Waals surface area (Å²) in [4.78, 5) is 12.3. The van der Waals surface area contributed by atoms with Gasteiger partial charge in [0.25, 0.3) is 0 Å². The predicted octanol–water partition coefficient (Wildman–Crippen LogP) is 3.26. The van der Waals surface area contributed by atoms with Crippen molar-refractivity contribution >= 4 is 5.78 Å². The van der Waals surface area contributed by atoms with Crippen LogP contribution >= 0.6 is 0 Å². The van der Waals surface area contributed by atoms with Crippen LogP contribution in [-0.4, -0.2) is 17.0 Å². The molecular weight excluding hydrogens is 212 g/mol. The van der Waals surface area contributed by atoms with Crippen molar-refractivity contribution in [2.24, 2.45) is 11.3 Å². The molecule has 1 heterocycles. The highest BCUT2D eigenvalue weighted by atomic mass is 16.6. The van der Waals surface area contributed by atoms with E-state index in [-0.39, 0.29) is 16.8 Å². The molecule has 2 nitrogen and oxygen atoms in total. The van der Waals surface area contributed by atoms with Crippen molar-refractivity contribution in [3.05, 3.63) is 11.6 Å². The minimum Gasteiger partial charge on any atom is -0.354 e. The van der Waals surface area contributed by atoms with E-state index in [9.17, 15) is 4.79 Å². The van der Waals surface area contributed by atoms with E-state index in [4.69, 9.17) is 4.74 Å². The van der Waals surface area contributed by atoms with Gasteiger partial charge in [0, 0.05) is 0 Å². The molecule has 3 rings (SSSR count). The Hall–Kier alpha value is -0.630. The lowest BCUT2D eigenvalue weighted by Gasteiger charge is -2.46. The summed E-state index contributed by atoms with van der Waals surface area (Å²) in [6, 6.07) is 0. The Morgan fingerprint density at radius 2 is 2.00 bits per heavy atom. The quantitative estimate of drug-likeness (QED) is 0.602. The van der Waals surface area contributed by atoms with Gasteiger partial charge < -0.3 is 4.74 Å². The van der Waals surface area contributed by atoms with Crippen LogP contribution in [-0.2, 0) is 9.53 Å². The van der Waals surface area contributed by atoms with E-state index in [0.717, 1.165) is 12.8 Å². The van der Waals surface area contributed by atoms with Gasteiger partial charge in [-0.2, -0.15) is 0 Å². The molecule has 1 aliphatic heterocycles. The Morgan fingerprint density at radius 1 is 1.35 bits per heavy atom. The summed E-state index contributed by atoms with van der Waals surface area (Å²) in [7, 11) is 0. The fraction of sp³-hybridized carbons (Fsp3) is 0.800. The molecule has 3 atom stereocenters. The second-order valence-electron chi connectivity index (χ2n) is 6.86. The summed E-state index contributed by atoms with van der Waals surface area (Å²) in [5.74, 6) is 0.872. The SMILES string of the molecule is C[C@H]1CCCC2=CC(=O)[C@@]3(C[C@@]21C)OC3(C)C. The third kappa shape index (κ3) is 1.28. The van der Waals surface area contributed by atoms with Crippen molar-refractivity contribution in [2.75, 3.05) is 0 Å². The van der Waals surface area contributed by atoms with Gasteiger partial charge in [0.2, 0.25) is 0 Å². The zero-order valence-corrected chi connectivity index (χ0v) is 11.3. The summed E-state index contributed by atoms with van der Waals surface area (Å²) in [5, 5.41) is 0. The van der Waals surface area contributed by atoms with E-state index in [0.29, 0.717) is 5.92 Å². The first kappa shape index (κ1) is 11.5. The number of ketones is 1. The van der Waals surface area contributed by atoms with E-state index in [2.05, 4.69) is 13.8 Å². The fourth-order valence-electron chi connectivity index (χ4n) is 3.93. The van der Waals surface area contributed by atoms with Crippen LogP contribution < -0.4 is 0 Å². The van der Waals surface area contributed by atoms with Gasteiger partial charge in [0.05, 0.1) is 0 Å². The predicted molar refractivity (Wildman–Crippen MR) is 66.7 cm³/mol. The lowest BCUT2D eigenvalue weighted by molar-refractivity contribution is -0.122. The number of carbonyl (C=O) groups excluding carboxylic acids is 1. The van der Waals surface area contributed by atoms with E-state index < -0.39 is 5.60 Å². The van der Waals surface area contributed by atoms with E-state index in [1.165, 1.54) is 18.4 Å². The largest absolute Gasteiger partial charge is 0.354 e. The van der Waals surface area contributed by atoms with Crippen LogP contribution in [0.3, 0.4) is 0 Å². The fourth-order valence-corrected chi connectivity index (χ4v) is 3.93. The van der Waals surface area contributed by atoms with Gasteiger partial charge in [-0.15, -0.1) is 0 Å². The maximum Gasteiger partial charge on any atom is 0.190 e. The van der Waals surface area contributed by atoms with E-state index >= 15 is 0 Å². The average Bonchev–Trinajstić information content (AvgIpc) is 2.75. The lowest BCUT2D eigenvalue weighted by Crippen LogP contribution is -2.45. The summed E-state index contributed by atoms with van der Waals surface area (Å²) in [6.07, 6.45) is 6.40. The van der Waals surface area contributed by atoms with Crippen molar-refractivity contribution in [1.82, 2.24) is 0 Å². The van der Waals surface area contributed by atoms with E-state index in [1.54, 1.807) is 0 Å². The number of carbonyl (C=O) groups is 1. The second kappa shape index (κ2) is 3.03. The molecule has 0 aromatic rings. The average molecular weight is 234 g/mol. The van der Waals surface area contributed by atoms with Gasteiger partial charge in [-0.3, -0.25) is 4.79 Å². The second-order valence-corrected chi connectivity index (χ2v) is 6.86. The number of rotatable bonds is 0. The molecule has 1 spiro atoms. The molecule has 3 aliphatic rings. The van der Waals surface area contributed by atoms with Crippen LogP contribution in [0.15, 0.2) is 11.6 Å². The molecule has 0 unspecified atom stereocenters. The molecule has 94 valence electrons. The molecule has 2 aliphatic carbocycles. The summed E-state index contributed by atoms with van der Waals surface area (Å²) in [6.45, 7) is 8.74. The highest BCUT2D eigenvalue weighted by molar-refractivity contribution is 6.02. The number of hydrogen-bond donors (Lipinski definition) is 0. The molecule has 0 bridgehead atoms. The smallest absolute Gasteiger partial charge is 0.190 e. The van der Waals surface area contributed by atoms with Crippen molar-refractivity contribution in [2.45, 2.75) is 64.6 Å². The van der Waals surface area contributed by atoms with Crippen LogP contribution in [0.4, 0.5) is 0 Å². The summed E-state index contributed by atoms with van der Waals surface area (Å²) < 4.78 is 5.81. The monoisotopic (exact) mass is 234 g/mol. The van der Waals surface area contributed by atoms with Crippen LogP contribution in [0.25, 0.3) is 0 Å². The normalized spacial score (nSPS) is 47.6. The molecule has 0 radical (unpaired) electrons. The Labute approximate surface area is 103 Å². The highest BCUT2D eigenvalue weighted by Gasteiger charge is 2.71. The molecule has 0 amide bonds. The molecule has 2 heteroatoms. The first-order valence-corrected chi connectivity index (χ1v) is 6.77. The maximum absolute atomic E-state index is 12.3. The highest BCUT2D eigenvalue weighted by Crippen LogP contribution is 2.62. The van der Waals surface area contributed by atoms with Crippen molar-refractivity contribution < 1.29 is 9.53 Å². The number of allylic oxidation sites excluding steroid dienone is 1. The number of fused-ring (bicyclic) bond motifs is 1. The summed E-state index contributed by atoms with van der Waals surface area (Å²) >= 11 is 0. The molecule has 1 saturated heterocycles. The van der Waals surface area contributed by atoms with Crippen LogP contribution in [0.2, 0.25) is 0 Å². The Balaban J connectivity index is 2.04. The van der Waals surface area contributed by atoms with E-state index in [1.807, 2.05) is 19.9 Å². The van der Waals surface area contributed by atoms with Crippen LogP contribution in [0.1, 0.15) is 53.4 Å². The molecule has 1 saturated carbocycles. The minimum atomic E-state index is -0.503. The zero-order valence-electron chi connectivity index (χ0n) is 11.3. The van der Waals surface area contributed by atoms with Gasteiger partial charge in [-0.05, 0) is 56.9 Å². The molecular formula is C15H22O2. The van der Waals surface area contributed by atoms with Crippen LogP contribution in [0, 0.1) is 11.3 Å². The molecule has 0 aromatic heterocycles. The van der Waals surface area contributed by atoms with Crippen molar-refractivity contribution in [3.63, 3.8) is 0 Å². The Bertz CT molecular complexity index is 421. The number of epoxide rings is 1. The lowest BCUT2D eigenvalue weighted by atomic mass is 9.57. The topological polar surface area (TPSA) is 29.6 Å². The van der Waals surface area contributed by atoms with Gasteiger partial charge in [0.15, 0.2) is 11.4 Å². The molecule has 0 aromatic carbocycles. The van der Waals surface area contributed by atoms with Gasteiger partial charge in [-0.25, -0.2) is 0 Å². The van der Waals surface area contributed by atoms with Crippen molar-refractivity contribution in [1.29, 1.82) is 0 Å². The van der Waals surface area contributed by atoms with Gasteiger partial charge >= 0.3 is 0 Å². The van der Waals surface area contributed by atoms with Gasteiger partial charge in [0.1, 0.15) is 5.60 Å². The molecule has 17 heavy (non-hydrogen) atoms. The minimum absolute atomic E-state index is 0.180.